The molecule has 0 radical (unpaired) electrons. The van der Waals surface area contributed by atoms with Crippen molar-refractivity contribution in [2.24, 2.45) is 5.41 Å². The molecular weight excluding hydrogens is 230 g/mol. The minimum atomic E-state index is 0.421. The van der Waals surface area contributed by atoms with Crippen molar-refractivity contribution in [1.82, 2.24) is 9.97 Å². The second-order valence-corrected chi connectivity index (χ2v) is 4.96. The minimum absolute atomic E-state index is 0.421. The summed E-state index contributed by atoms with van der Waals surface area (Å²) in [5.74, 6) is 0.894. The molecule has 1 heterocycles. The molecule has 3 nitrogen and oxygen atoms in total. The Morgan fingerprint density at radius 3 is 2.85 bits per heavy atom. The van der Waals surface area contributed by atoms with Gasteiger partial charge >= 0.3 is 0 Å². The molecule has 13 heavy (non-hydrogen) atoms. The van der Waals surface area contributed by atoms with E-state index in [4.69, 9.17) is 0 Å². The Balaban J connectivity index is 2.07. The number of nitrogens with zero attached hydrogens (tertiary/aromatic N) is 2. The van der Waals surface area contributed by atoms with Gasteiger partial charge in [-0.25, -0.2) is 9.97 Å². The van der Waals surface area contributed by atoms with Crippen molar-refractivity contribution in [3.05, 3.63) is 17.0 Å². The first-order valence-electron chi connectivity index (χ1n) is 4.32. The van der Waals surface area contributed by atoms with Crippen molar-refractivity contribution in [1.29, 1.82) is 0 Å². The Hall–Kier alpha value is -0.640. The Morgan fingerprint density at radius 1 is 1.62 bits per heavy atom. The molecule has 1 saturated carbocycles. The van der Waals surface area contributed by atoms with Gasteiger partial charge in [0.05, 0.1) is 4.47 Å². The zero-order valence-electron chi connectivity index (χ0n) is 7.71. The minimum Gasteiger partial charge on any atom is -0.366 e. The van der Waals surface area contributed by atoms with E-state index in [1.54, 1.807) is 12.5 Å². The zero-order chi connectivity index (χ0) is 9.47. The van der Waals surface area contributed by atoms with Gasteiger partial charge in [-0.05, 0) is 27.8 Å². The number of halogens is 1. The Labute approximate surface area is 86.1 Å². The van der Waals surface area contributed by atoms with Crippen LogP contribution in [0.1, 0.15) is 20.3 Å². The third kappa shape index (κ3) is 1.82. The largest absolute Gasteiger partial charge is 0.366 e. The Morgan fingerprint density at radius 2 is 2.31 bits per heavy atom. The van der Waals surface area contributed by atoms with E-state index in [0.29, 0.717) is 11.5 Å². The van der Waals surface area contributed by atoms with Gasteiger partial charge in [-0.3, -0.25) is 0 Å². The summed E-state index contributed by atoms with van der Waals surface area (Å²) in [6.07, 6.45) is 4.52. The lowest BCUT2D eigenvalue weighted by atomic mass is 10.2. The molecule has 70 valence electrons. The average Bonchev–Trinajstić information content (AvgIpc) is 2.64. The highest BCUT2D eigenvalue weighted by Gasteiger charge is 2.45. The van der Waals surface area contributed by atoms with Gasteiger partial charge in [-0.15, -0.1) is 0 Å². The molecule has 0 saturated heterocycles. The van der Waals surface area contributed by atoms with E-state index in [2.05, 4.69) is 45.1 Å². The molecule has 1 aliphatic rings. The van der Waals surface area contributed by atoms with E-state index in [1.807, 2.05) is 0 Å². The summed E-state index contributed by atoms with van der Waals surface area (Å²) < 4.78 is 0.928. The summed E-state index contributed by atoms with van der Waals surface area (Å²) in [6, 6.07) is 0.554. The molecule has 1 unspecified atom stereocenters. The van der Waals surface area contributed by atoms with Gasteiger partial charge in [0, 0.05) is 12.2 Å². The fourth-order valence-corrected chi connectivity index (χ4v) is 1.63. The molecular formula is C9H12BrN3. The highest BCUT2D eigenvalue weighted by atomic mass is 79.9. The number of rotatable bonds is 2. The summed E-state index contributed by atoms with van der Waals surface area (Å²) in [4.78, 5) is 8.07. The van der Waals surface area contributed by atoms with E-state index < -0.39 is 0 Å². The highest BCUT2D eigenvalue weighted by molar-refractivity contribution is 9.10. The van der Waals surface area contributed by atoms with Crippen LogP contribution >= 0.6 is 15.9 Å². The third-order valence-corrected chi connectivity index (χ3v) is 3.07. The second-order valence-electron chi connectivity index (χ2n) is 4.11. The molecule has 1 aromatic heterocycles. The van der Waals surface area contributed by atoms with Crippen molar-refractivity contribution < 1.29 is 0 Å². The fraction of sp³-hybridized carbons (Fsp3) is 0.556. The standard InChI is InChI=1S/C9H12BrN3/c1-9(2)3-7(9)13-8-6(10)4-11-5-12-8/h4-5,7H,3H2,1-2H3,(H,11,12,13). The molecule has 1 aliphatic carbocycles. The maximum atomic E-state index is 4.15. The molecule has 1 fully saturated rings. The van der Waals surface area contributed by atoms with Gasteiger partial charge in [-0.1, -0.05) is 13.8 Å². The Kier molecular flexibility index (Phi) is 2.02. The smallest absolute Gasteiger partial charge is 0.143 e. The second kappa shape index (κ2) is 2.94. The van der Waals surface area contributed by atoms with Crippen LogP contribution in [0, 0.1) is 5.41 Å². The molecule has 0 bridgehead atoms. The number of nitrogens with one attached hydrogen (secondary N) is 1. The van der Waals surface area contributed by atoms with Gasteiger partial charge in [0.15, 0.2) is 0 Å². The lowest BCUT2D eigenvalue weighted by Crippen LogP contribution is -2.10. The number of hydrogen-bond donors (Lipinski definition) is 1. The van der Waals surface area contributed by atoms with Gasteiger partial charge < -0.3 is 5.32 Å². The van der Waals surface area contributed by atoms with Crippen LogP contribution in [0.3, 0.4) is 0 Å². The summed E-state index contributed by atoms with van der Waals surface area (Å²) in [5, 5.41) is 3.38. The van der Waals surface area contributed by atoms with Crippen molar-refractivity contribution in [2.75, 3.05) is 5.32 Å². The monoisotopic (exact) mass is 241 g/mol. The van der Waals surface area contributed by atoms with Gasteiger partial charge in [0.25, 0.3) is 0 Å². The quantitative estimate of drug-likeness (QED) is 0.865. The molecule has 1 aromatic rings. The van der Waals surface area contributed by atoms with Crippen LogP contribution in [-0.4, -0.2) is 16.0 Å². The van der Waals surface area contributed by atoms with Crippen LogP contribution in [0.25, 0.3) is 0 Å². The predicted octanol–water partition coefficient (Wildman–Crippen LogP) is 2.45. The first-order valence-corrected chi connectivity index (χ1v) is 5.11. The van der Waals surface area contributed by atoms with Crippen LogP contribution in [0.4, 0.5) is 5.82 Å². The van der Waals surface area contributed by atoms with Gasteiger partial charge in [0.1, 0.15) is 12.1 Å². The maximum absolute atomic E-state index is 4.15. The van der Waals surface area contributed by atoms with Gasteiger partial charge in [-0.2, -0.15) is 0 Å². The van der Waals surface area contributed by atoms with Crippen LogP contribution < -0.4 is 5.32 Å². The molecule has 0 aromatic carbocycles. The Bertz CT molecular complexity index is 324. The van der Waals surface area contributed by atoms with Crippen LogP contribution in [0.2, 0.25) is 0 Å². The number of anilines is 1. The molecule has 0 aliphatic heterocycles. The van der Waals surface area contributed by atoms with E-state index in [9.17, 15) is 0 Å². The normalized spacial score (nSPS) is 24.1. The summed E-state index contributed by atoms with van der Waals surface area (Å²) in [5.41, 5.74) is 0.421. The van der Waals surface area contributed by atoms with Crippen molar-refractivity contribution >= 4 is 21.7 Å². The lowest BCUT2D eigenvalue weighted by Gasteiger charge is -2.07. The molecule has 0 spiro atoms. The highest BCUT2D eigenvalue weighted by Crippen LogP contribution is 2.46. The lowest BCUT2D eigenvalue weighted by molar-refractivity contribution is 0.629. The van der Waals surface area contributed by atoms with Crippen LogP contribution in [-0.2, 0) is 0 Å². The number of aromatic nitrogens is 2. The van der Waals surface area contributed by atoms with Crippen LogP contribution in [0.5, 0.6) is 0 Å². The summed E-state index contributed by atoms with van der Waals surface area (Å²) in [6.45, 7) is 4.50. The summed E-state index contributed by atoms with van der Waals surface area (Å²) in [7, 11) is 0. The molecule has 1 N–H and O–H groups in total. The third-order valence-electron chi connectivity index (χ3n) is 2.49. The average molecular weight is 242 g/mol. The van der Waals surface area contributed by atoms with Crippen molar-refractivity contribution in [3.8, 4) is 0 Å². The fourth-order valence-electron chi connectivity index (χ4n) is 1.30. The molecule has 0 amide bonds. The van der Waals surface area contributed by atoms with E-state index in [1.165, 1.54) is 6.42 Å². The SMILES string of the molecule is CC1(C)CC1Nc1ncncc1Br. The molecule has 4 heteroatoms. The topological polar surface area (TPSA) is 37.8 Å². The first kappa shape index (κ1) is 8.94. The molecule has 2 rings (SSSR count). The zero-order valence-corrected chi connectivity index (χ0v) is 9.30. The van der Waals surface area contributed by atoms with Gasteiger partial charge in [0.2, 0.25) is 0 Å². The first-order chi connectivity index (χ1) is 6.09. The van der Waals surface area contributed by atoms with E-state index in [0.717, 1.165) is 10.3 Å². The number of hydrogen-bond acceptors (Lipinski definition) is 3. The molecule has 1 atom stereocenters. The van der Waals surface area contributed by atoms with E-state index >= 15 is 0 Å². The maximum Gasteiger partial charge on any atom is 0.143 e. The van der Waals surface area contributed by atoms with Crippen molar-refractivity contribution in [3.63, 3.8) is 0 Å². The van der Waals surface area contributed by atoms with Crippen molar-refractivity contribution in [2.45, 2.75) is 26.3 Å². The van der Waals surface area contributed by atoms with E-state index in [-0.39, 0.29) is 0 Å². The van der Waals surface area contributed by atoms with Crippen LogP contribution in [0.15, 0.2) is 17.0 Å². The summed E-state index contributed by atoms with van der Waals surface area (Å²) >= 11 is 3.40. The predicted molar refractivity (Wildman–Crippen MR) is 55.5 cm³/mol.